The van der Waals surface area contributed by atoms with Gasteiger partial charge >= 0.3 is 0 Å². The second-order valence-electron chi connectivity index (χ2n) is 5.40. The van der Waals surface area contributed by atoms with Gasteiger partial charge in [-0.25, -0.2) is 4.98 Å². The number of aromatic nitrogens is 1. The highest BCUT2D eigenvalue weighted by molar-refractivity contribution is 7.11. The molecule has 1 aliphatic carbocycles. The van der Waals surface area contributed by atoms with Gasteiger partial charge in [-0.05, 0) is 56.4 Å². The number of rotatable bonds is 3. The quantitative estimate of drug-likeness (QED) is 0.937. The topological polar surface area (TPSA) is 48.1 Å². The molecule has 1 heterocycles. The molecule has 0 amide bonds. The Labute approximate surface area is 123 Å². The van der Waals surface area contributed by atoms with Gasteiger partial charge < -0.3 is 10.5 Å². The summed E-state index contributed by atoms with van der Waals surface area (Å²) in [5.74, 6) is 0.895. The van der Waals surface area contributed by atoms with E-state index in [0.29, 0.717) is 6.61 Å². The van der Waals surface area contributed by atoms with Crippen molar-refractivity contribution in [3.63, 3.8) is 0 Å². The van der Waals surface area contributed by atoms with Crippen molar-refractivity contribution in [2.75, 3.05) is 0 Å². The van der Waals surface area contributed by atoms with Crippen LogP contribution >= 0.6 is 11.3 Å². The smallest absolute Gasteiger partial charge is 0.140 e. The Morgan fingerprint density at radius 3 is 3.00 bits per heavy atom. The molecule has 2 aromatic rings. The summed E-state index contributed by atoms with van der Waals surface area (Å²) < 4.78 is 5.87. The maximum absolute atomic E-state index is 6.18. The lowest BCUT2D eigenvalue weighted by molar-refractivity contribution is 0.304. The number of ether oxygens (including phenoxy) is 1. The zero-order valence-electron chi connectivity index (χ0n) is 12.0. The van der Waals surface area contributed by atoms with Gasteiger partial charge in [0.05, 0.1) is 5.69 Å². The molecule has 2 N–H and O–H groups in total. The number of hydrogen-bond acceptors (Lipinski definition) is 4. The first-order valence-electron chi connectivity index (χ1n) is 7.07. The van der Waals surface area contributed by atoms with Gasteiger partial charge in [0.15, 0.2) is 0 Å². The Morgan fingerprint density at radius 1 is 1.40 bits per heavy atom. The van der Waals surface area contributed by atoms with Crippen LogP contribution in [0.15, 0.2) is 18.2 Å². The lowest BCUT2D eigenvalue weighted by Crippen LogP contribution is -2.17. The maximum atomic E-state index is 6.18. The molecule has 20 heavy (non-hydrogen) atoms. The highest BCUT2D eigenvalue weighted by Crippen LogP contribution is 2.31. The molecule has 106 valence electrons. The summed E-state index contributed by atoms with van der Waals surface area (Å²) in [4.78, 5) is 5.76. The van der Waals surface area contributed by atoms with Crippen LogP contribution in [0.3, 0.4) is 0 Å². The van der Waals surface area contributed by atoms with Gasteiger partial charge in [0, 0.05) is 10.9 Å². The van der Waals surface area contributed by atoms with Crippen molar-refractivity contribution in [1.82, 2.24) is 4.98 Å². The van der Waals surface area contributed by atoms with E-state index >= 15 is 0 Å². The molecule has 1 atom stereocenters. The number of aryl methyl sites for hydroxylation is 3. The zero-order chi connectivity index (χ0) is 14.1. The van der Waals surface area contributed by atoms with Crippen molar-refractivity contribution in [2.45, 2.75) is 45.8 Å². The minimum Gasteiger partial charge on any atom is -0.486 e. The van der Waals surface area contributed by atoms with Crippen LogP contribution in [0, 0.1) is 13.8 Å². The molecule has 0 radical (unpaired) electrons. The molecule has 1 aromatic heterocycles. The summed E-state index contributed by atoms with van der Waals surface area (Å²) in [6, 6.07) is 6.46. The van der Waals surface area contributed by atoms with Crippen molar-refractivity contribution in [2.24, 2.45) is 5.73 Å². The normalized spacial score (nSPS) is 17.9. The molecule has 0 spiro atoms. The van der Waals surface area contributed by atoms with E-state index < -0.39 is 0 Å². The fraction of sp³-hybridized carbons (Fsp3) is 0.438. The van der Waals surface area contributed by atoms with Crippen LogP contribution in [-0.2, 0) is 13.0 Å². The monoisotopic (exact) mass is 288 g/mol. The zero-order valence-corrected chi connectivity index (χ0v) is 12.8. The van der Waals surface area contributed by atoms with E-state index in [0.717, 1.165) is 29.3 Å². The third kappa shape index (κ3) is 2.72. The van der Waals surface area contributed by atoms with Crippen LogP contribution in [0.2, 0.25) is 0 Å². The van der Waals surface area contributed by atoms with Crippen molar-refractivity contribution >= 4 is 11.3 Å². The van der Waals surface area contributed by atoms with Crippen LogP contribution in [0.4, 0.5) is 0 Å². The maximum Gasteiger partial charge on any atom is 0.140 e. The van der Waals surface area contributed by atoms with E-state index in [9.17, 15) is 0 Å². The lowest BCUT2D eigenvalue weighted by atomic mass is 9.88. The molecule has 1 aromatic carbocycles. The van der Waals surface area contributed by atoms with E-state index in [1.54, 1.807) is 11.3 Å². The summed E-state index contributed by atoms with van der Waals surface area (Å²) in [5.41, 5.74) is 9.90. The highest BCUT2D eigenvalue weighted by atomic mass is 32.1. The highest BCUT2D eigenvalue weighted by Gasteiger charge is 2.17. The first-order valence-corrected chi connectivity index (χ1v) is 7.89. The van der Waals surface area contributed by atoms with Crippen molar-refractivity contribution in [3.8, 4) is 5.75 Å². The Hall–Kier alpha value is -1.39. The molecule has 0 unspecified atom stereocenters. The molecular weight excluding hydrogens is 268 g/mol. The standard InChI is InChI=1S/C16H20N2OS/c1-10-11(2)20-16(18-10)9-19-13-7-6-12-4-3-5-15(17)14(12)8-13/h6-8,15H,3-5,9,17H2,1-2H3/t15-/m1/s1. The molecule has 0 aliphatic heterocycles. The van der Waals surface area contributed by atoms with E-state index in [2.05, 4.69) is 24.0 Å². The number of thiazole rings is 1. The minimum absolute atomic E-state index is 0.159. The minimum atomic E-state index is 0.159. The van der Waals surface area contributed by atoms with Crippen LogP contribution < -0.4 is 10.5 Å². The molecular formula is C16H20N2OS. The van der Waals surface area contributed by atoms with Gasteiger partial charge in [-0.15, -0.1) is 11.3 Å². The van der Waals surface area contributed by atoms with Crippen molar-refractivity contribution < 1.29 is 4.74 Å². The van der Waals surface area contributed by atoms with Gasteiger partial charge in [-0.3, -0.25) is 0 Å². The Balaban J connectivity index is 1.73. The first-order chi connectivity index (χ1) is 9.63. The number of hydrogen-bond donors (Lipinski definition) is 1. The average molecular weight is 288 g/mol. The van der Waals surface area contributed by atoms with Crippen molar-refractivity contribution in [1.29, 1.82) is 0 Å². The van der Waals surface area contributed by atoms with Crippen LogP contribution in [0.1, 0.15) is 45.6 Å². The largest absolute Gasteiger partial charge is 0.486 e. The second-order valence-corrected chi connectivity index (χ2v) is 6.68. The molecule has 0 fully saturated rings. The average Bonchev–Trinajstić information content (AvgIpc) is 2.76. The SMILES string of the molecule is Cc1nc(COc2ccc3c(c2)[C@H](N)CCC3)sc1C. The molecule has 3 rings (SSSR count). The van der Waals surface area contributed by atoms with Gasteiger partial charge in [0.25, 0.3) is 0 Å². The Bertz CT molecular complexity index is 601. The second kappa shape index (κ2) is 5.54. The van der Waals surface area contributed by atoms with E-state index in [1.807, 2.05) is 13.0 Å². The van der Waals surface area contributed by atoms with Crippen molar-refractivity contribution in [3.05, 3.63) is 44.9 Å². The molecule has 3 nitrogen and oxygen atoms in total. The van der Waals surface area contributed by atoms with Crippen LogP contribution in [0.5, 0.6) is 5.75 Å². The summed E-state index contributed by atoms with van der Waals surface area (Å²) in [5, 5.41) is 1.03. The molecule has 1 aliphatic rings. The first kappa shape index (κ1) is 13.6. The molecule has 4 heteroatoms. The Kier molecular flexibility index (Phi) is 3.76. The fourth-order valence-electron chi connectivity index (χ4n) is 2.65. The van der Waals surface area contributed by atoms with Crippen LogP contribution in [-0.4, -0.2) is 4.98 Å². The van der Waals surface area contributed by atoms with E-state index in [1.165, 1.54) is 22.4 Å². The fourth-order valence-corrected chi connectivity index (χ4v) is 3.50. The Morgan fingerprint density at radius 2 is 2.25 bits per heavy atom. The predicted octanol–water partition coefficient (Wildman–Crippen LogP) is 3.68. The summed E-state index contributed by atoms with van der Waals surface area (Å²) >= 11 is 1.70. The summed E-state index contributed by atoms with van der Waals surface area (Å²) in [7, 11) is 0. The molecule has 0 saturated heterocycles. The third-order valence-corrected chi connectivity index (χ3v) is 4.96. The van der Waals surface area contributed by atoms with Crippen LogP contribution in [0.25, 0.3) is 0 Å². The van der Waals surface area contributed by atoms with Gasteiger partial charge in [-0.2, -0.15) is 0 Å². The summed E-state index contributed by atoms with van der Waals surface area (Å²) in [6.07, 6.45) is 3.39. The number of nitrogens with two attached hydrogens (primary N) is 1. The molecule has 0 bridgehead atoms. The van der Waals surface area contributed by atoms with E-state index in [-0.39, 0.29) is 6.04 Å². The number of fused-ring (bicyclic) bond motifs is 1. The van der Waals surface area contributed by atoms with E-state index in [4.69, 9.17) is 10.5 Å². The van der Waals surface area contributed by atoms with Gasteiger partial charge in [0.1, 0.15) is 17.4 Å². The van der Waals surface area contributed by atoms with Gasteiger partial charge in [0.2, 0.25) is 0 Å². The third-order valence-electron chi connectivity index (χ3n) is 3.91. The summed E-state index contributed by atoms with van der Waals surface area (Å²) in [6.45, 7) is 4.66. The number of benzene rings is 1. The predicted molar refractivity (Wildman–Crippen MR) is 82.2 cm³/mol. The van der Waals surface area contributed by atoms with Gasteiger partial charge in [-0.1, -0.05) is 6.07 Å². The number of nitrogens with zero attached hydrogens (tertiary/aromatic N) is 1. The lowest BCUT2D eigenvalue weighted by Gasteiger charge is -2.22. The molecule has 0 saturated carbocycles.